The summed E-state index contributed by atoms with van der Waals surface area (Å²) in [6, 6.07) is 18.0. The van der Waals surface area contributed by atoms with E-state index in [4.69, 9.17) is 16.3 Å². The van der Waals surface area contributed by atoms with Crippen LogP contribution in [-0.2, 0) is 0 Å². The van der Waals surface area contributed by atoms with Gasteiger partial charge in [-0.3, -0.25) is 0 Å². The summed E-state index contributed by atoms with van der Waals surface area (Å²) in [5.41, 5.74) is 1.26. The van der Waals surface area contributed by atoms with Crippen LogP contribution in [0.4, 0.5) is 0 Å². The molecule has 0 saturated heterocycles. The lowest BCUT2D eigenvalue weighted by atomic mass is 9.96. The molecule has 1 atom stereocenters. The van der Waals surface area contributed by atoms with Gasteiger partial charge in [0.1, 0.15) is 5.75 Å². The number of hydrogen-bond acceptors (Lipinski definition) is 2. The zero-order valence-corrected chi connectivity index (χ0v) is 13.1. The Labute approximate surface area is 132 Å². The summed E-state index contributed by atoms with van der Waals surface area (Å²) in [4.78, 5) is 0. The van der Waals surface area contributed by atoms with Crippen molar-refractivity contribution in [2.45, 2.75) is 19.3 Å². The summed E-state index contributed by atoms with van der Waals surface area (Å²) >= 11 is 6.10. The minimum absolute atomic E-state index is 0.410. The van der Waals surface area contributed by atoms with Crippen molar-refractivity contribution in [2.75, 3.05) is 19.7 Å². The van der Waals surface area contributed by atoms with Crippen LogP contribution in [0, 0.1) is 0 Å². The molecule has 2 aromatic carbocycles. The fourth-order valence-electron chi connectivity index (χ4n) is 2.30. The van der Waals surface area contributed by atoms with Crippen molar-refractivity contribution in [2.24, 2.45) is 0 Å². The van der Waals surface area contributed by atoms with Crippen molar-refractivity contribution in [3.63, 3.8) is 0 Å². The molecule has 0 aliphatic heterocycles. The van der Waals surface area contributed by atoms with Crippen LogP contribution in [0.25, 0.3) is 0 Å². The second kappa shape index (κ2) is 8.71. The van der Waals surface area contributed by atoms with Crippen molar-refractivity contribution >= 4 is 11.6 Å². The summed E-state index contributed by atoms with van der Waals surface area (Å²) in [6.45, 7) is 4.73. The van der Waals surface area contributed by atoms with Crippen LogP contribution in [0.2, 0.25) is 5.02 Å². The average molecular weight is 304 g/mol. The van der Waals surface area contributed by atoms with Crippen LogP contribution in [0.1, 0.15) is 24.8 Å². The first-order valence-electron chi connectivity index (χ1n) is 7.43. The molecule has 0 saturated carbocycles. The average Bonchev–Trinajstić information content (AvgIpc) is 2.51. The van der Waals surface area contributed by atoms with Gasteiger partial charge in [-0.2, -0.15) is 0 Å². The van der Waals surface area contributed by atoms with Gasteiger partial charge in [0.05, 0.1) is 6.61 Å². The van der Waals surface area contributed by atoms with E-state index in [0.717, 1.165) is 30.3 Å². The number of para-hydroxylation sites is 1. The number of hydrogen-bond donors (Lipinski definition) is 1. The highest BCUT2D eigenvalue weighted by Gasteiger charge is 2.11. The van der Waals surface area contributed by atoms with E-state index in [0.29, 0.717) is 12.5 Å². The van der Waals surface area contributed by atoms with Gasteiger partial charge in [0.25, 0.3) is 0 Å². The molecule has 0 spiro atoms. The van der Waals surface area contributed by atoms with Crippen molar-refractivity contribution in [3.05, 3.63) is 65.2 Å². The highest BCUT2D eigenvalue weighted by molar-refractivity contribution is 6.30. The molecular weight excluding hydrogens is 282 g/mol. The van der Waals surface area contributed by atoms with Gasteiger partial charge in [0, 0.05) is 11.6 Å². The van der Waals surface area contributed by atoms with Gasteiger partial charge in [0.15, 0.2) is 0 Å². The van der Waals surface area contributed by atoms with Crippen LogP contribution in [0.15, 0.2) is 54.6 Å². The van der Waals surface area contributed by atoms with Crippen molar-refractivity contribution in [3.8, 4) is 5.75 Å². The van der Waals surface area contributed by atoms with Crippen molar-refractivity contribution in [1.82, 2.24) is 5.32 Å². The Hall–Kier alpha value is -1.51. The van der Waals surface area contributed by atoms with E-state index >= 15 is 0 Å². The maximum atomic E-state index is 6.10. The number of likely N-dealkylation sites (N-methyl/N-ethyl adjacent to an activating group) is 1. The fraction of sp³-hybridized carbons (Fsp3) is 0.333. The quantitative estimate of drug-likeness (QED) is 0.775. The Kier molecular flexibility index (Phi) is 6.58. The first kappa shape index (κ1) is 15.9. The molecular formula is C18H22ClNO. The Bertz CT molecular complexity index is 530. The molecule has 2 nitrogen and oxygen atoms in total. The molecule has 3 heteroatoms. The zero-order chi connectivity index (χ0) is 14.9. The van der Waals surface area contributed by atoms with Gasteiger partial charge in [-0.15, -0.1) is 0 Å². The van der Waals surface area contributed by atoms with E-state index in [-0.39, 0.29) is 0 Å². The Morgan fingerprint density at radius 2 is 1.90 bits per heavy atom. The van der Waals surface area contributed by atoms with E-state index in [9.17, 15) is 0 Å². The normalized spacial score (nSPS) is 12.1. The molecule has 2 aromatic rings. The summed E-state index contributed by atoms with van der Waals surface area (Å²) in [5, 5.41) is 4.21. The fourth-order valence-corrected chi connectivity index (χ4v) is 2.50. The third-order valence-electron chi connectivity index (χ3n) is 3.44. The van der Waals surface area contributed by atoms with E-state index < -0.39 is 0 Å². The predicted molar refractivity (Wildman–Crippen MR) is 89.3 cm³/mol. The second-order valence-corrected chi connectivity index (χ2v) is 5.45. The topological polar surface area (TPSA) is 21.3 Å². The smallest absolute Gasteiger partial charge is 0.119 e. The van der Waals surface area contributed by atoms with E-state index in [1.165, 1.54) is 5.56 Å². The highest BCUT2D eigenvalue weighted by atomic mass is 35.5. The number of benzene rings is 2. The number of rotatable bonds is 8. The maximum absolute atomic E-state index is 6.10. The van der Waals surface area contributed by atoms with Crippen LogP contribution in [0.3, 0.4) is 0 Å². The molecule has 21 heavy (non-hydrogen) atoms. The maximum Gasteiger partial charge on any atom is 0.119 e. The Balaban J connectivity index is 1.93. The largest absolute Gasteiger partial charge is 0.494 e. The predicted octanol–water partition coefficient (Wildman–Crippen LogP) is 4.50. The molecule has 0 amide bonds. The first-order chi connectivity index (χ1) is 10.3. The molecule has 0 aliphatic rings. The third-order valence-corrected chi connectivity index (χ3v) is 3.67. The van der Waals surface area contributed by atoms with Gasteiger partial charge >= 0.3 is 0 Å². The summed E-state index contributed by atoms with van der Waals surface area (Å²) in [7, 11) is 0. The Morgan fingerprint density at radius 3 is 2.62 bits per heavy atom. The number of nitrogens with one attached hydrogen (secondary N) is 1. The first-order valence-corrected chi connectivity index (χ1v) is 7.81. The SMILES string of the molecule is CCNCC(CCOc1ccccc1)c1cccc(Cl)c1. The Morgan fingerprint density at radius 1 is 1.10 bits per heavy atom. The van der Waals surface area contributed by atoms with Crippen molar-refractivity contribution in [1.29, 1.82) is 0 Å². The van der Waals surface area contributed by atoms with Crippen LogP contribution in [-0.4, -0.2) is 19.7 Å². The lowest BCUT2D eigenvalue weighted by molar-refractivity contribution is 0.295. The summed E-state index contributed by atoms with van der Waals surface area (Å²) in [6.07, 6.45) is 0.961. The minimum atomic E-state index is 0.410. The summed E-state index contributed by atoms with van der Waals surface area (Å²) < 4.78 is 5.81. The molecule has 112 valence electrons. The lowest BCUT2D eigenvalue weighted by Gasteiger charge is -2.18. The van der Waals surface area contributed by atoms with Crippen LogP contribution >= 0.6 is 11.6 Å². The zero-order valence-electron chi connectivity index (χ0n) is 12.4. The number of ether oxygens (including phenoxy) is 1. The van der Waals surface area contributed by atoms with E-state index in [2.05, 4.69) is 18.3 Å². The van der Waals surface area contributed by atoms with Gasteiger partial charge < -0.3 is 10.1 Å². The third kappa shape index (κ3) is 5.41. The standard InChI is InChI=1S/C18H22ClNO/c1-2-20-14-16(15-7-6-8-17(19)13-15)11-12-21-18-9-4-3-5-10-18/h3-10,13,16,20H,2,11-12,14H2,1H3. The van der Waals surface area contributed by atoms with Gasteiger partial charge in [-0.25, -0.2) is 0 Å². The molecule has 0 radical (unpaired) electrons. The van der Waals surface area contributed by atoms with E-state index in [1.54, 1.807) is 0 Å². The molecule has 0 bridgehead atoms. The van der Waals surface area contributed by atoms with Gasteiger partial charge in [0.2, 0.25) is 0 Å². The summed E-state index contributed by atoms with van der Waals surface area (Å²) in [5.74, 6) is 1.33. The molecule has 0 heterocycles. The monoisotopic (exact) mass is 303 g/mol. The van der Waals surface area contributed by atoms with Crippen LogP contribution < -0.4 is 10.1 Å². The van der Waals surface area contributed by atoms with Gasteiger partial charge in [-0.1, -0.05) is 48.9 Å². The number of halogens is 1. The van der Waals surface area contributed by atoms with Crippen molar-refractivity contribution < 1.29 is 4.74 Å². The molecule has 0 fully saturated rings. The lowest BCUT2D eigenvalue weighted by Crippen LogP contribution is -2.22. The highest BCUT2D eigenvalue weighted by Crippen LogP contribution is 2.22. The second-order valence-electron chi connectivity index (χ2n) is 5.01. The minimum Gasteiger partial charge on any atom is -0.494 e. The van der Waals surface area contributed by atoms with Crippen LogP contribution in [0.5, 0.6) is 5.75 Å². The molecule has 2 rings (SSSR count). The molecule has 0 aliphatic carbocycles. The van der Waals surface area contributed by atoms with E-state index in [1.807, 2.05) is 48.5 Å². The molecule has 1 unspecified atom stereocenters. The molecule has 1 N–H and O–H groups in total. The molecule has 0 aromatic heterocycles. The van der Waals surface area contributed by atoms with Gasteiger partial charge in [-0.05, 0) is 48.7 Å².